The van der Waals surface area contributed by atoms with E-state index in [0.29, 0.717) is 33.1 Å². The Kier molecular flexibility index (Phi) is 6.85. The summed E-state index contributed by atoms with van der Waals surface area (Å²) in [5, 5.41) is 5.23. The summed E-state index contributed by atoms with van der Waals surface area (Å²) in [4.78, 5) is 0. The molecule has 0 saturated heterocycles. The van der Waals surface area contributed by atoms with E-state index in [2.05, 4.69) is 5.32 Å². The van der Waals surface area contributed by atoms with Crippen molar-refractivity contribution in [3.63, 3.8) is 0 Å². The van der Waals surface area contributed by atoms with Crippen LogP contribution in [0.2, 0.25) is 15.1 Å². The van der Waals surface area contributed by atoms with Gasteiger partial charge in [0.15, 0.2) is 11.5 Å². The van der Waals surface area contributed by atoms with Crippen LogP contribution in [0.25, 0.3) is 0 Å². The van der Waals surface area contributed by atoms with Crippen molar-refractivity contribution >= 4 is 34.8 Å². The molecule has 0 aliphatic rings. The van der Waals surface area contributed by atoms with Gasteiger partial charge in [-0.15, -0.1) is 0 Å². The third kappa shape index (κ3) is 4.92. The van der Waals surface area contributed by atoms with E-state index in [1.807, 2.05) is 24.3 Å². The molecule has 1 N–H and O–H groups in total. The zero-order valence-corrected chi connectivity index (χ0v) is 15.2. The molecule has 0 aliphatic heterocycles. The summed E-state index contributed by atoms with van der Waals surface area (Å²) >= 11 is 18.2. The Morgan fingerprint density at radius 3 is 2.39 bits per heavy atom. The van der Waals surface area contributed by atoms with Crippen LogP contribution in [0.4, 0.5) is 0 Å². The molecule has 23 heavy (non-hydrogen) atoms. The van der Waals surface area contributed by atoms with E-state index in [1.54, 1.807) is 20.3 Å². The van der Waals surface area contributed by atoms with Crippen molar-refractivity contribution in [2.75, 3.05) is 20.8 Å². The van der Waals surface area contributed by atoms with E-state index in [0.717, 1.165) is 24.1 Å². The van der Waals surface area contributed by atoms with Gasteiger partial charge >= 0.3 is 0 Å². The average Bonchev–Trinajstić information content (AvgIpc) is 2.52. The lowest BCUT2D eigenvalue weighted by molar-refractivity contribution is 0.354. The second-order valence-corrected chi connectivity index (χ2v) is 6.23. The number of nitrogens with one attached hydrogen (secondary N) is 1. The van der Waals surface area contributed by atoms with Gasteiger partial charge in [-0.25, -0.2) is 0 Å². The number of rotatable bonds is 7. The van der Waals surface area contributed by atoms with Crippen molar-refractivity contribution in [3.05, 3.63) is 56.5 Å². The summed E-state index contributed by atoms with van der Waals surface area (Å²) in [7, 11) is 3.16. The molecule has 0 aliphatic carbocycles. The van der Waals surface area contributed by atoms with Gasteiger partial charge in [-0.1, -0.05) is 40.9 Å². The summed E-state index contributed by atoms with van der Waals surface area (Å²) in [6.07, 6.45) is 0.816. The minimum absolute atomic E-state index is 0.532. The topological polar surface area (TPSA) is 30.5 Å². The molecule has 0 unspecified atom stereocenters. The second-order valence-electron chi connectivity index (χ2n) is 4.98. The van der Waals surface area contributed by atoms with Crippen LogP contribution in [0.5, 0.6) is 11.5 Å². The Morgan fingerprint density at radius 2 is 1.74 bits per heavy atom. The highest BCUT2D eigenvalue weighted by atomic mass is 35.5. The first-order chi connectivity index (χ1) is 11.0. The lowest BCUT2D eigenvalue weighted by Crippen LogP contribution is -2.17. The molecule has 0 heterocycles. The Morgan fingerprint density at radius 1 is 0.957 bits per heavy atom. The summed E-state index contributed by atoms with van der Waals surface area (Å²) < 4.78 is 10.5. The first kappa shape index (κ1) is 18.2. The van der Waals surface area contributed by atoms with Gasteiger partial charge in [0.05, 0.1) is 19.2 Å². The van der Waals surface area contributed by atoms with Gasteiger partial charge in [0, 0.05) is 16.6 Å². The second kappa shape index (κ2) is 8.65. The largest absolute Gasteiger partial charge is 0.493 e. The molecule has 2 rings (SSSR count). The maximum absolute atomic E-state index is 6.20. The lowest BCUT2D eigenvalue weighted by atomic mass is 10.1. The van der Waals surface area contributed by atoms with E-state index >= 15 is 0 Å². The molecule has 0 spiro atoms. The number of ether oxygens (including phenoxy) is 2. The van der Waals surface area contributed by atoms with Gasteiger partial charge < -0.3 is 14.8 Å². The molecular formula is C17H18Cl3NO2. The molecule has 0 fully saturated rings. The minimum Gasteiger partial charge on any atom is -0.493 e. The van der Waals surface area contributed by atoms with Crippen LogP contribution in [0.15, 0.2) is 30.3 Å². The molecule has 2 aromatic carbocycles. The summed E-state index contributed by atoms with van der Waals surface area (Å²) in [6, 6.07) is 9.32. The van der Waals surface area contributed by atoms with Crippen molar-refractivity contribution in [1.82, 2.24) is 5.32 Å². The monoisotopic (exact) mass is 373 g/mol. The normalized spacial score (nSPS) is 10.7. The Bertz CT molecular complexity index is 677. The van der Waals surface area contributed by atoms with Crippen molar-refractivity contribution in [1.29, 1.82) is 0 Å². The molecule has 6 heteroatoms. The third-order valence-electron chi connectivity index (χ3n) is 3.41. The van der Waals surface area contributed by atoms with E-state index < -0.39 is 0 Å². The number of halogens is 3. The standard InChI is InChI=1S/C17H18Cl3NO2/c1-22-16-8-11(7-15(20)17(16)23-2)10-21-6-5-12-3-4-13(18)9-14(12)19/h3-4,7-9,21H,5-6,10H2,1-2H3. The van der Waals surface area contributed by atoms with Crippen LogP contribution in [0.1, 0.15) is 11.1 Å². The fraction of sp³-hybridized carbons (Fsp3) is 0.294. The highest BCUT2D eigenvalue weighted by Crippen LogP contribution is 2.35. The van der Waals surface area contributed by atoms with Crippen LogP contribution in [0, 0.1) is 0 Å². The molecular weight excluding hydrogens is 357 g/mol. The zero-order chi connectivity index (χ0) is 16.8. The van der Waals surface area contributed by atoms with Gasteiger partial charge in [0.1, 0.15) is 0 Å². The number of hydrogen-bond acceptors (Lipinski definition) is 3. The maximum atomic E-state index is 6.20. The molecule has 0 amide bonds. The van der Waals surface area contributed by atoms with Crippen LogP contribution in [0.3, 0.4) is 0 Å². The van der Waals surface area contributed by atoms with Gasteiger partial charge in [-0.3, -0.25) is 0 Å². The van der Waals surface area contributed by atoms with Gasteiger partial charge in [-0.2, -0.15) is 0 Å². The van der Waals surface area contributed by atoms with E-state index in [4.69, 9.17) is 44.3 Å². The average molecular weight is 375 g/mol. The van der Waals surface area contributed by atoms with Crippen molar-refractivity contribution in [3.8, 4) is 11.5 Å². The van der Waals surface area contributed by atoms with E-state index in [-0.39, 0.29) is 0 Å². The summed E-state index contributed by atoms with van der Waals surface area (Å²) in [5.74, 6) is 1.17. The van der Waals surface area contributed by atoms with Crippen LogP contribution < -0.4 is 14.8 Å². The third-order valence-corrected chi connectivity index (χ3v) is 4.28. The zero-order valence-electron chi connectivity index (χ0n) is 13.0. The maximum Gasteiger partial charge on any atom is 0.179 e. The first-order valence-electron chi connectivity index (χ1n) is 7.10. The van der Waals surface area contributed by atoms with Crippen molar-refractivity contribution in [2.45, 2.75) is 13.0 Å². The highest BCUT2D eigenvalue weighted by molar-refractivity contribution is 6.35. The SMILES string of the molecule is COc1cc(CNCCc2ccc(Cl)cc2Cl)cc(Cl)c1OC. The predicted octanol–water partition coefficient (Wildman–Crippen LogP) is 5.00. The molecule has 124 valence electrons. The van der Waals surface area contributed by atoms with Crippen molar-refractivity contribution < 1.29 is 9.47 Å². The van der Waals surface area contributed by atoms with Crippen LogP contribution in [-0.4, -0.2) is 20.8 Å². The Balaban J connectivity index is 1.92. The number of hydrogen-bond donors (Lipinski definition) is 1. The fourth-order valence-corrected chi connectivity index (χ4v) is 3.07. The molecule has 3 nitrogen and oxygen atoms in total. The lowest BCUT2D eigenvalue weighted by Gasteiger charge is -2.12. The molecule has 0 atom stereocenters. The van der Waals surface area contributed by atoms with Gasteiger partial charge in [-0.05, 0) is 48.4 Å². The molecule has 0 saturated carbocycles. The van der Waals surface area contributed by atoms with Crippen molar-refractivity contribution in [2.24, 2.45) is 0 Å². The number of methoxy groups -OCH3 is 2. The van der Waals surface area contributed by atoms with Crippen LogP contribution >= 0.6 is 34.8 Å². The fourth-order valence-electron chi connectivity index (χ4n) is 2.25. The minimum atomic E-state index is 0.532. The molecule has 0 aromatic heterocycles. The number of benzene rings is 2. The molecule has 2 aromatic rings. The Labute approximate surface area is 151 Å². The summed E-state index contributed by atoms with van der Waals surface area (Å²) in [5.41, 5.74) is 2.09. The first-order valence-corrected chi connectivity index (χ1v) is 8.23. The highest BCUT2D eigenvalue weighted by Gasteiger charge is 2.10. The smallest absolute Gasteiger partial charge is 0.179 e. The summed E-state index contributed by atoms with van der Waals surface area (Å²) in [6.45, 7) is 1.46. The van der Waals surface area contributed by atoms with Crippen LogP contribution in [-0.2, 0) is 13.0 Å². The quantitative estimate of drug-likeness (QED) is 0.692. The van der Waals surface area contributed by atoms with Gasteiger partial charge in [0.2, 0.25) is 0 Å². The molecule has 0 bridgehead atoms. The predicted molar refractivity (Wildman–Crippen MR) is 96.4 cm³/mol. The van der Waals surface area contributed by atoms with E-state index in [1.165, 1.54) is 0 Å². The van der Waals surface area contributed by atoms with Gasteiger partial charge in [0.25, 0.3) is 0 Å². The Hall–Kier alpha value is -1.13. The molecule has 0 radical (unpaired) electrons. The van der Waals surface area contributed by atoms with E-state index in [9.17, 15) is 0 Å².